The summed E-state index contributed by atoms with van der Waals surface area (Å²) in [5, 5.41) is 2.79. The fraction of sp³-hybridized carbons (Fsp3) is 0.500. The third-order valence-corrected chi connectivity index (χ3v) is 0.618. The first-order chi connectivity index (χ1) is 3.91. The number of carbonyl (C=O) groups is 1. The minimum atomic E-state index is 0.397. The summed E-state index contributed by atoms with van der Waals surface area (Å²) in [5.41, 5.74) is 0. The maximum absolute atomic E-state index is 9.66. The fourth-order valence-electron chi connectivity index (χ4n) is 0.282. The minimum Gasteiger partial charge on any atom is -0.302 e. The van der Waals surface area contributed by atoms with E-state index in [-0.39, 0.29) is 0 Å². The van der Waals surface area contributed by atoms with Gasteiger partial charge < -0.3 is 4.79 Å². The van der Waals surface area contributed by atoms with Crippen molar-refractivity contribution >= 4 is 6.29 Å². The first-order valence-corrected chi connectivity index (χ1v) is 2.45. The van der Waals surface area contributed by atoms with Gasteiger partial charge in [-0.2, -0.15) is 0 Å². The van der Waals surface area contributed by atoms with E-state index < -0.39 is 0 Å². The van der Waals surface area contributed by atoms with Gasteiger partial charge in [-0.3, -0.25) is 5.32 Å². The molecule has 0 spiro atoms. The maximum Gasteiger partial charge on any atom is 0.133 e. The van der Waals surface area contributed by atoms with Crippen molar-refractivity contribution in [1.82, 2.24) is 5.32 Å². The van der Waals surface area contributed by atoms with Gasteiger partial charge in [0.15, 0.2) is 0 Å². The Morgan fingerprint density at radius 3 is 3.00 bits per heavy atom. The van der Waals surface area contributed by atoms with Crippen LogP contribution in [0.2, 0.25) is 0 Å². The van der Waals surface area contributed by atoms with Gasteiger partial charge in [0.2, 0.25) is 0 Å². The van der Waals surface area contributed by atoms with Gasteiger partial charge >= 0.3 is 0 Å². The zero-order valence-electron chi connectivity index (χ0n) is 4.90. The van der Waals surface area contributed by atoms with Crippen LogP contribution in [0.1, 0.15) is 6.92 Å². The molecule has 0 rings (SSSR count). The zero-order valence-corrected chi connectivity index (χ0v) is 4.90. The molecule has 1 N–H and O–H groups in total. The van der Waals surface area contributed by atoms with Crippen LogP contribution in [-0.2, 0) is 4.79 Å². The van der Waals surface area contributed by atoms with Crippen LogP contribution in [0.25, 0.3) is 0 Å². The lowest BCUT2D eigenvalue weighted by Crippen LogP contribution is -2.15. The van der Waals surface area contributed by atoms with Crippen LogP contribution in [-0.4, -0.2) is 19.4 Å². The molecular formula is C6H9NO. The smallest absolute Gasteiger partial charge is 0.133 e. The van der Waals surface area contributed by atoms with Gasteiger partial charge in [0.1, 0.15) is 6.29 Å². The van der Waals surface area contributed by atoms with Gasteiger partial charge in [0, 0.05) is 0 Å². The predicted octanol–water partition coefficient (Wildman–Crippen LogP) is -0.202. The summed E-state index contributed by atoms with van der Waals surface area (Å²) in [5.74, 6) is 5.46. The fourth-order valence-corrected chi connectivity index (χ4v) is 0.282. The average molecular weight is 111 g/mol. The van der Waals surface area contributed by atoms with Crippen molar-refractivity contribution in [3.63, 3.8) is 0 Å². The molecule has 44 valence electrons. The van der Waals surface area contributed by atoms with Crippen molar-refractivity contribution in [1.29, 1.82) is 0 Å². The Morgan fingerprint density at radius 2 is 2.50 bits per heavy atom. The van der Waals surface area contributed by atoms with Gasteiger partial charge in [-0.05, 0) is 6.92 Å². The molecule has 0 aliphatic rings. The van der Waals surface area contributed by atoms with Crippen molar-refractivity contribution in [3.8, 4) is 11.8 Å². The van der Waals surface area contributed by atoms with Gasteiger partial charge in [0.05, 0.1) is 13.1 Å². The molecule has 0 heterocycles. The summed E-state index contributed by atoms with van der Waals surface area (Å²) in [4.78, 5) is 9.66. The van der Waals surface area contributed by atoms with E-state index in [9.17, 15) is 4.79 Å². The molecule has 8 heavy (non-hydrogen) atoms. The highest BCUT2D eigenvalue weighted by Crippen LogP contribution is 1.52. The highest BCUT2D eigenvalue weighted by molar-refractivity contribution is 5.51. The van der Waals surface area contributed by atoms with E-state index in [2.05, 4.69) is 17.2 Å². The van der Waals surface area contributed by atoms with E-state index in [4.69, 9.17) is 0 Å². The molecular weight excluding hydrogens is 102 g/mol. The second-order valence-corrected chi connectivity index (χ2v) is 1.22. The second kappa shape index (κ2) is 6.19. The Bertz CT molecular complexity index is 109. The van der Waals surface area contributed by atoms with Crippen molar-refractivity contribution in [3.05, 3.63) is 0 Å². The third kappa shape index (κ3) is 5.19. The molecule has 0 fully saturated rings. The molecule has 0 bridgehead atoms. The monoisotopic (exact) mass is 111 g/mol. The molecule has 2 nitrogen and oxygen atoms in total. The molecule has 0 radical (unpaired) electrons. The Morgan fingerprint density at radius 1 is 1.75 bits per heavy atom. The summed E-state index contributed by atoms with van der Waals surface area (Å²) in [7, 11) is 0. The topological polar surface area (TPSA) is 29.1 Å². The lowest BCUT2D eigenvalue weighted by atomic mass is 10.6. The van der Waals surface area contributed by atoms with E-state index in [0.717, 1.165) is 6.29 Å². The van der Waals surface area contributed by atoms with E-state index >= 15 is 0 Å². The zero-order chi connectivity index (χ0) is 6.24. The molecule has 0 saturated heterocycles. The molecule has 0 aromatic rings. The van der Waals surface area contributed by atoms with Crippen molar-refractivity contribution in [2.24, 2.45) is 0 Å². The van der Waals surface area contributed by atoms with Gasteiger partial charge in [0.25, 0.3) is 0 Å². The molecule has 0 aromatic heterocycles. The lowest BCUT2D eigenvalue weighted by Gasteiger charge is -1.86. The molecule has 2 heteroatoms. The predicted molar refractivity (Wildman–Crippen MR) is 32.4 cm³/mol. The quantitative estimate of drug-likeness (QED) is 0.310. The highest BCUT2D eigenvalue weighted by Gasteiger charge is 1.74. The first-order valence-electron chi connectivity index (χ1n) is 2.45. The molecule has 0 aliphatic heterocycles. The van der Waals surface area contributed by atoms with Crippen LogP contribution in [0.3, 0.4) is 0 Å². The van der Waals surface area contributed by atoms with Crippen LogP contribution < -0.4 is 5.32 Å². The van der Waals surface area contributed by atoms with Gasteiger partial charge in [-0.25, -0.2) is 0 Å². The molecule has 0 amide bonds. The Balaban J connectivity index is 2.89. The second-order valence-electron chi connectivity index (χ2n) is 1.22. The number of hydrogen-bond donors (Lipinski definition) is 1. The maximum atomic E-state index is 9.66. The van der Waals surface area contributed by atoms with Crippen LogP contribution in [0.5, 0.6) is 0 Å². The summed E-state index contributed by atoms with van der Waals surface area (Å²) in [6.45, 7) is 2.77. The average Bonchev–Trinajstić information content (AvgIpc) is 1.81. The Hall–Kier alpha value is -0.810. The van der Waals surface area contributed by atoms with E-state index in [1.165, 1.54) is 0 Å². The molecule has 0 aliphatic carbocycles. The molecule has 0 saturated carbocycles. The van der Waals surface area contributed by atoms with E-state index in [1.54, 1.807) is 6.92 Å². The largest absolute Gasteiger partial charge is 0.302 e. The first kappa shape index (κ1) is 7.19. The SMILES string of the molecule is CC#CCNCC=O. The summed E-state index contributed by atoms with van der Waals surface area (Å²) in [6, 6.07) is 0. The van der Waals surface area contributed by atoms with E-state index in [0.29, 0.717) is 13.1 Å². The number of nitrogens with one attached hydrogen (secondary N) is 1. The number of hydrogen-bond acceptors (Lipinski definition) is 2. The number of carbonyl (C=O) groups excluding carboxylic acids is 1. The van der Waals surface area contributed by atoms with Crippen molar-refractivity contribution < 1.29 is 4.79 Å². The minimum absolute atomic E-state index is 0.397. The molecule has 0 unspecified atom stereocenters. The van der Waals surface area contributed by atoms with Crippen molar-refractivity contribution in [2.75, 3.05) is 13.1 Å². The van der Waals surface area contributed by atoms with Crippen LogP contribution in [0.4, 0.5) is 0 Å². The van der Waals surface area contributed by atoms with Crippen LogP contribution in [0.15, 0.2) is 0 Å². The summed E-state index contributed by atoms with van der Waals surface area (Å²) >= 11 is 0. The normalized spacial score (nSPS) is 7.12. The molecule has 0 atom stereocenters. The van der Waals surface area contributed by atoms with Gasteiger partial charge in [-0.1, -0.05) is 5.92 Å². The Labute approximate surface area is 49.3 Å². The standard InChI is InChI=1S/C6H9NO/c1-2-3-4-7-5-6-8/h6-7H,4-5H2,1H3. The molecule has 0 aromatic carbocycles. The summed E-state index contributed by atoms with van der Waals surface area (Å²) < 4.78 is 0. The summed E-state index contributed by atoms with van der Waals surface area (Å²) in [6.07, 6.45) is 0.817. The van der Waals surface area contributed by atoms with E-state index in [1.807, 2.05) is 0 Å². The third-order valence-electron chi connectivity index (χ3n) is 0.618. The Kier molecular flexibility index (Phi) is 5.56. The highest BCUT2D eigenvalue weighted by atomic mass is 16.1. The lowest BCUT2D eigenvalue weighted by molar-refractivity contribution is -0.107. The number of rotatable bonds is 3. The van der Waals surface area contributed by atoms with Crippen molar-refractivity contribution in [2.45, 2.75) is 6.92 Å². The van der Waals surface area contributed by atoms with Crippen LogP contribution >= 0.6 is 0 Å². The number of aldehydes is 1. The van der Waals surface area contributed by atoms with Crippen LogP contribution in [0, 0.1) is 11.8 Å². The van der Waals surface area contributed by atoms with Gasteiger partial charge in [-0.15, -0.1) is 5.92 Å².